The molecule has 0 heterocycles. The molecule has 0 saturated heterocycles. The number of hydrogen-bond donors (Lipinski definition) is 1. The van der Waals surface area contributed by atoms with E-state index >= 15 is 0 Å². The Morgan fingerprint density at radius 3 is 2.59 bits per heavy atom. The van der Waals surface area contributed by atoms with E-state index in [0.29, 0.717) is 19.3 Å². The average Bonchev–Trinajstić information content (AvgIpc) is 2.55. The lowest BCUT2D eigenvalue weighted by Gasteiger charge is -2.11. The van der Waals surface area contributed by atoms with E-state index in [-0.39, 0.29) is 0 Å². The molecular formula is C18H25ClNO2+. The predicted octanol–water partition coefficient (Wildman–Crippen LogP) is 3.25. The summed E-state index contributed by atoms with van der Waals surface area (Å²) in [6.45, 7) is 7.34. The highest BCUT2D eigenvalue weighted by atomic mass is 35.5. The number of benzene rings is 2. The van der Waals surface area contributed by atoms with Crippen molar-refractivity contribution >= 4 is 22.4 Å². The van der Waals surface area contributed by atoms with Gasteiger partial charge in [0.05, 0.1) is 25.8 Å². The largest absolute Gasteiger partial charge is 0.491 e. The van der Waals surface area contributed by atoms with Crippen LogP contribution in [0.15, 0.2) is 36.4 Å². The molecule has 0 radical (unpaired) electrons. The molecule has 120 valence electrons. The molecular weight excluding hydrogens is 298 g/mol. The van der Waals surface area contributed by atoms with E-state index in [1.807, 2.05) is 36.4 Å². The van der Waals surface area contributed by atoms with Crippen LogP contribution in [0.4, 0.5) is 0 Å². The summed E-state index contributed by atoms with van der Waals surface area (Å²) in [6, 6.07) is 12.5. The van der Waals surface area contributed by atoms with Gasteiger partial charge in [0, 0.05) is 15.8 Å². The lowest BCUT2D eigenvalue weighted by Crippen LogP contribution is -2.90. The Balaban J connectivity index is 1.75. The fourth-order valence-electron chi connectivity index (χ4n) is 2.28. The molecule has 2 aromatic rings. The first-order chi connectivity index (χ1) is 10.7. The molecule has 2 N–H and O–H groups in total. The number of hydrogen-bond acceptors (Lipinski definition) is 2. The van der Waals surface area contributed by atoms with Crippen molar-refractivity contribution in [2.75, 3.05) is 26.4 Å². The molecule has 0 aliphatic carbocycles. The van der Waals surface area contributed by atoms with Crippen molar-refractivity contribution in [2.24, 2.45) is 0 Å². The molecule has 22 heavy (non-hydrogen) atoms. The van der Waals surface area contributed by atoms with E-state index in [9.17, 15) is 0 Å². The van der Waals surface area contributed by atoms with E-state index in [4.69, 9.17) is 21.1 Å². The minimum Gasteiger partial charge on any atom is -0.491 e. The first-order valence-corrected chi connectivity index (χ1v) is 8.31. The fraction of sp³-hybridized carbons (Fsp3) is 0.444. The van der Waals surface area contributed by atoms with E-state index in [0.717, 1.165) is 34.7 Å². The first-order valence-electron chi connectivity index (χ1n) is 7.93. The van der Waals surface area contributed by atoms with Gasteiger partial charge in [-0.15, -0.1) is 0 Å². The Morgan fingerprint density at radius 2 is 1.82 bits per heavy atom. The summed E-state index contributed by atoms with van der Waals surface area (Å²) in [5.41, 5.74) is 0. The van der Waals surface area contributed by atoms with Gasteiger partial charge in [0.2, 0.25) is 0 Å². The number of quaternary nitrogens is 1. The molecule has 1 atom stereocenters. The third-order valence-corrected chi connectivity index (χ3v) is 4.12. The minimum absolute atomic E-state index is 0.551. The number of fused-ring (bicyclic) bond motifs is 1. The zero-order chi connectivity index (χ0) is 15.8. The SMILES string of the molecule is CC[C@@H](C)[NH2+]CCOCCOc1ccc(Cl)c2ccccc12. The normalized spacial score (nSPS) is 12.5. The molecule has 2 rings (SSSR count). The molecule has 4 heteroatoms. The van der Waals surface area contributed by atoms with Gasteiger partial charge in [-0.25, -0.2) is 0 Å². The van der Waals surface area contributed by atoms with Crippen LogP contribution < -0.4 is 10.1 Å². The van der Waals surface area contributed by atoms with Gasteiger partial charge in [-0.05, 0) is 25.5 Å². The van der Waals surface area contributed by atoms with Crippen LogP contribution in [0.25, 0.3) is 10.8 Å². The molecule has 0 aliphatic heterocycles. The third-order valence-electron chi connectivity index (χ3n) is 3.79. The summed E-state index contributed by atoms with van der Waals surface area (Å²) in [5, 5.41) is 5.12. The highest BCUT2D eigenvalue weighted by Crippen LogP contribution is 2.31. The van der Waals surface area contributed by atoms with Crippen molar-refractivity contribution < 1.29 is 14.8 Å². The van der Waals surface area contributed by atoms with Crippen LogP contribution >= 0.6 is 11.6 Å². The number of rotatable bonds is 9. The standard InChI is InChI=1S/C18H24ClNO2/c1-3-14(2)20-10-11-21-12-13-22-18-9-8-17(19)15-6-4-5-7-16(15)18/h4-9,14,20H,3,10-13H2,1-2H3/p+1/t14-/m1/s1. The van der Waals surface area contributed by atoms with Crippen LogP contribution in [0.3, 0.4) is 0 Å². The summed E-state index contributed by atoms with van der Waals surface area (Å²) in [5.74, 6) is 0.856. The lowest BCUT2D eigenvalue weighted by atomic mass is 10.1. The molecule has 0 unspecified atom stereocenters. The van der Waals surface area contributed by atoms with Crippen molar-refractivity contribution in [1.82, 2.24) is 0 Å². The van der Waals surface area contributed by atoms with Gasteiger partial charge in [0.25, 0.3) is 0 Å². The Labute approximate surface area is 137 Å². The molecule has 0 aliphatic rings. The van der Waals surface area contributed by atoms with Crippen LogP contribution in [-0.4, -0.2) is 32.4 Å². The molecule has 0 spiro atoms. The van der Waals surface area contributed by atoms with Crippen LogP contribution in [0.5, 0.6) is 5.75 Å². The quantitative estimate of drug-likeness (QED) is 0.719. The maximum atomic E-state index is 6.20. The highest BCUT2D eigenvalue weighted by Gasteiger charge is 2.05. The van der Waals surface area contributed by atoms with E-state index < -0.39 is 0 Å². The second-order valence-electron chi connectivity index (χ2n) is 5.46. The Hall–Kier alpha value is -1.29. The molecule has 0 bridgehead atoms. The molecule has 0 aromatic heterocycles. The van der Waals surface area contributed by atoms with Crippen LogP contribution in [0, 0.1) is 0 Å². The van der Waals surface area contributed by atoms with Gasteiger partial charge < -0.3 is 14.8 Å². The summed E-state index contributed by atoms with van der Waals surface area (Å²) >= 11 is 6.20. The second-order valence-corrected chi connectivity index (χ2v) is 5.87. The van der Waals surface area contributed by atoms with Crippen molar-refractivity contribution in [2.45, 2.75) is 26.3 Å². The average molecular weight is 323 g/mol. The third kappa shape index (κ3) is 4.87. The summed E-state index contributed by atoms with van der Waals surface area (Å²) in [4.78, 5) is 0. The van der Waals surface area contributed by atoms with Crippen LogP contribution in [-0.2, 0) is 4.74 Å². The maximum Gasteiger partial charge on any atom is 0.127 e. The van der Waals surface area contributed by atoms with Crippen molar-refractivity contribution in [3.8, 4) is 5.75 Å². The zero-order valence-electron chi connectivity index (χ0n) is 13.3. The van der Waals surface area contributed by atoms with Crippen molar-refractivity contribution in [3.05, 3.63) is 41.4 Å². The predicted molar refractivity (Wildman–Crippen MR) is 91.8 cm³/mol. The Bertz CT molecular complexity index is 588. The van der Waals surface area contributed by atoms with Crippen LogP contribution in [0.1, 0.15) is 20.3 Å². The smallest absolute Gasteiger partial charge is 0.127 e. The summed E-state index contributed by atoms with van der Waals surface area (Å²) in [7, 11) is 0. The van der Waals surface area contributed by atoms with Crippen molar-refractivity contribution in [3.63, 3.8) is 0 Å². The van der Waals surface area contributed by atoms with Crippen LogP contribution in [0.2, 0.25) is 5.02 Å². The topological polar surface area (TPSA) is 35.1 Å². The van der Waals surface area contributed by atoms with Gasteiger partial charge in [-0.2, -0.15) is 0 Å². The maximum absolute atomic E-state index is 6.20. The number of ether oxygens (including phenoxy) is 2. The molecule has 2 aromatic carbocycles. The molecule has 0 saturated carbocycles. The first kappa shape index (κ1) is 17.1. The summed E-state index contributed by atoms with van der Waals surface area (Å²) in [6.07, 6.45) is 1.19. The Kier molecular flexibility index (Phi) is 6.97. The van der Waals surface area contributed by atoms with Gasteiger partial charge in [0.15, 0.2) is 0 Å². The van der Waals surface area contributed by atoms with Gasteiger partial charge >= 0.3 is 0 Å². The zero-order valence-corrected chi connectivity index (χ0v) is 14.1. The molecule has 3 nitrogen and oxygen atoms in total. The van der Waals surface area contributed by atoms with Gasteiger partial charge in [-0.3, -0.25) is 0 Å². The molecule has 0 amide bonds. The lowest BCUT2D eigenvalue weighted by molar-refractivity contribution is -0.687. The minimum atomic E-state index is 0.551. The van der Waals surface area contributed by atoms with E-state index in [2.05, 4.69) is 19.2 Å². The number of halogens is 1. The van der Waals surface area contributed by atoms with Gasteiger partial charge in [-0.1, -0.05) is 42.8 Å². The van der Waals surface area contributed by atoms with Crippen molar-refractivity contribution in [1.29, 1.82) is 0 Å². The van der Waals surface area contributed by atoms with Gasteiger partial charge in [0.1, 0.15) is 12.4 Å². The highest BCUT2D eigenvalue weighted by molar-refractivity contribution is 6.35. The monoisotopic (exact) mass is 322 g/mol. The Morgan fingerprint density at radius 1 is 1.05 bits per heavy atom. The van der Waals surface area contributed by atoms with E-state index in [1.165, 1.54) is 6.42 Å². The van der Waals surface area contributed by atoms with E-state index in [1.54, 1.807) is 0 Å². The second kappa shape index (κ2) is 8.99. The number of nitrogens with two attached hydrogens (primary N) is 1. The fourth-order valence-corrected chi connectivity index (χ4v) is 2.50. The molecule has 0 fully saturated rings. The summed E-state index contributed by atoms with van der Waals surface area (Å²) < 4.78 is 11.4.